The van der Waals surface area contributed by atoms with Crippen LogP contribution in [0.3, 0.4) is 0 Å². The molecule has 116 valence electrons. The van der Waals surface area contributed by atoms with Crippen molar-refractivity contribution in [3.8, 4) is 0 Å². The van der Waals surface area contributed by atoms with Crippen LogP contribution in [0.4, 0.5) is 5.69 Å². The molecule has 1 aromatic heterocycles. The summed E-state index contributed by atoms with van der Waals surface area (Å²) >= 11 is 0. The number of anilines is 1. The van der Waals surface area contributed by atoms with Crippen LogP contribution in [0.25, 0.3) is 0 Å². The van der Waals surface area contributed by atoms with Crippen molar-refractivity contribution in [2.45, 2.75) is 46.6 Å². The van der Waals surface area contributed by atoms with Gasteiger partial charge in [0, 0.05) is 17.3 Å². The second-order valence-electron chi connectivity index (χ2n) is 6.83. The minimum absolute atomic E-state index is 0.00606. The van der Waals surface area contributed by atoms with Gasteiger partial charge >= 0.3 is 0 Å². The summed E-state index contributed by atoms with van der Waals surface area (Å²) in [6.45, 7) is 10.8. The van der Waals surface area contributed by atoms with Gasteiger partial charge in [0.2, 0.25) is 6.54 Å². The first-order chi connectivity index (χ1) is 10.3. The Bertz CT molecular complexity index is 664. The van der Waals surface area contributed by atoms with Crippen LogP contribution < -0.4 is 9.88 Å². The minimum Gasteiger partial charge on any atom is -0.320 e. The lowest BCUT2D eigenvalue weighted by molar-refractivity contribution is -0.684. The van der Waals surface area contributed by atoms with E-state index < -0.39 is 0 Å². The number of rotatable bonds is 3. The molecule has 0 saturated heterocycles. The Morgan fingerprint density at radius 1 is 1.09 bits per heavy atom. The summed E-state index contributed by atoms with van der Waals surface area (Å²) in [6, 6.07) is 10.1. The molecule has 1 heterocycles. The Morgan fingerprint density at radius 3 is 2.32 bits per heavy atom. The predicted octanol–water partition coefficient (Wildman–Crippen LogP) is 3.53. The SMILES string of the molecule is Cc1cccc(C)c1NC(=O)C[n+]1cccc(C(C)(C)C)c1. The number of pyridine rings is 1. The number of nitrogens with zero attached hydrogens (tertiary/aromatic N) is 1. The van der Waals surface area contributed by atoms with E-state index in [1.54, 1.807) is 0 Å². The van der Waals surface area contributed by atoms with Gasteiger partial charge in [0.05, 0.1) is 0 Å². The molecule has 0 aliphatic heterocycles. The lowest BCUT2D eigenvalue weighted by Gasteiger charge is -2.17. The number of carbonyl (C=O) groups excluding carboxylic acids is 1. The highest BCUT2D eigenvalue weighted by Crippen LogP contribution is 2.20. The first kappa shape index (κ1) is 16.2. The number of aryl methyl sites for hydroxylation is 2. The fourth-order valence-electron chi connectivity index (χ4n) is 2.42. The third-order valence-electron chi connectivity index (χ3n) is 3.80. The minimum atomic E-state index is -0.00606. The van der Waals surface area contributed by atoms with E-state index in [4.69, 9.17) is 0 Å². The number of benzene rings is 1. The number of para-hydroxylation sites is 1. The monoisotopic (exact) mass is 297 g/mol. The van der Waals surface area contributed by atoms with Gasteiger partial charge in [-0.15, -0.1) is 0 Å². The van der Waals surface area contributed by atoms with Gasteiger partial charge in [0.1, 0.15) is 0 Å². The third kappa shape index (κ3) is 3.94. The van der Waals surface area contributed by atoms with Gasteiger partial charge in [-0.2, -0.15) is 4.57 Å². The topological polar surface area (TPSA) is 33.0 Å². The number of carbonyl (C=O) groups is 1. The van der Waals surface area contributed by atoms with Gasteiger partial charge < -0.3 is 5.32 Å². The number of amides is 1. The smallest absolute Gasteiger partial charge is 0.290 e. The molecule has 1 amide bonds. The Kier molecular flexibility index (Phi) is 4.65. The van der Waals surface area contributed by atoms with Crippen molar-refractivity contribution in [1.82, 2.24) is 0 Å². The molecule has 3 nitrogen and oxygen atoms in total. The van der Waals surface area contributed by atoms with E-state index in [2.05, 4.69) is 32.2 Å². The van der Waals surface area contributed by atoms with E-state index >= 15 is 0 Å². The van der Waals surface area contributed by atoms with Crippen LogP contribution in [-0.4, -0.2) is 5.91 Å². The van der Waals surface area contributed by atoms with E-state index in [9.17, 15) is 4.79 Å². The molecule has 0 atom stereocenters. The van der Waals surface area contributed by atoms with Crippen LogP contribution in [-0.2, 0) is 16.8 Å². The molecule has 22 heavy (non-hydrogen) atoms. The van der Waals surface area contributed by atoms with Gasteiger partial charge in [-0.3, -0.25) is 4.79 Å². The van der Waals surface area contributed by atoms with Gasteiger partial charge in [-0.25, -0.2) is 0 Å². The largest absolute Gasteiger partial charge is 0.320 e. The van der Waals surface area contributed by atoms with E-state index in [0.717, 1.165) is 16.8 Å². The van der Waals surface area contributed by atoms with Crippen LogP contribution in [0, 0.1) is 13.8 Å². The first-order valence-corrected chi connectivity index (χ1v) is 7.63. The molecular weight excluding hydrogens is 272 g/mol. The van der Waals surface area contributed by atoms with Crippen molar-refractivity contribution in [3.63, 3.8) is 0 Å². The van der Waals surface area contributed by atoms with Crippen molar-refractivity contribution < 1.29 is 9.36 Å². The highest BCUT2D eigenvalue weighted by Gasteiger charge is 2.18. The zero-order valence-corrected chi connectivity index (χ0v) is 14.1. The average molecular weight is 297 g/mol. The maximum Gasteiger partial charge on any atom is 0.290 e. The number of hydrogen-bond donors (Lipinski definition) is 1. The number of hydrogen-bond acceptors (Lipinski definition) is 1. The van der Waals surface area contributed by atoms with Crippen LogP contribution in [0.1, 0.15) is 37.5 Å². The van der Waals surface area contributed by atoms with Crippen molar-refractivity contribution in [2.24, 2.45) is 0 Å². The lowest BCUT2D eigenvalue weighted by Crippen LogP contribution is -2.41. The van der Waals surface area contributed by atoms with Crippen molar-refractivity contribution in [2.75, 3.05) is 5.32 Å². The predicted molar refractivity (Wildman–Crippen MR) is 89.9 cm³/mol. The Morgan fingerprint density at radius 2 is 1.73 bits per heavy atom. The molecule has 0 unspecified atom stereocenters. The summed E-state index contributed by atoms with van der Waals surface area (Å²) < 4.78 is 1.93. The Balaban J connectivity index is 2.13. The molecule has 0 saturated carbocycles. The van der Waals surface area contributed by atoms with Crippen molar-refractivity contribution >= 4 is 11.6 Å². The molecule has 1 N–H and O–H groups in total. The maximum atomic E-state index is 12.3. The molecule has 3 heteroatoms. The summed E-state index contributed by atoms with van der Waals surface area (Å²) in [5.74, 6) is -0.00606. The zero-order chi connectivity index (χ0) is 16.3. The summed E-state index contributed by atoms with van der Waals surface area (Å²) in [7, 11) is 0. The summed E-state index contributed by atoms with van der Waals surface area (Å²) in [4.78, 5) is 12.3. The summed E-state index contributed by atoms with van der Waals surface area (Å²) in [5.41, 5.74) is 4.38. The van der Waals surface area contributed by atoms with Crippen LogP contribution >= 0.6 is 0 Å². The fourth-order valence-corrected chi connectivity index (χ4v) is 2.42. The molecule has 1 aromatic carbocycles. The lowest BCUT2D eigenvalue weighted by atomic mass is 9.88. The second kappa shape index (κ2) is 6.30. The molecule has 0 aliphatic rings. The zero-order valence-electron chi connectivity index (χ0n) is 14.1. The number of aromatic nitrogens is 1. The van der Waals surface area contributed by atoms with Gasteiger partial charge in [0.15, 0.2) is 12.4 Å². The summed E-state index contributed by atoms with van der Waals surface area (Å²) in [5, 5.41) is 3.03. The Labute approximate surface area is 133 Å². The second-order valence-corrected chi connectivity index (χ2v) is 6.83. The van der Waals surface area contributed by atoms with E-state index in [1.807, 2.05) is 55.1 Å². The van der Waals surface area contributed by atoms with Crippen LogP contribution in [0.2, 0.25) is 0 Å². The van der Waals surface area contributed by atoms with Crippen LogP contribution in [0.15, 0.2) is 42.7 Å². The van der Waals surface area contributed by atoms with Gasteiger partial charge in [-0.1, -0.05) is 39.0 Å². The van der Waals surface area contributed by atoms with Gasteiger partial charge in [0.25, 0.3) is 5.91 Å². The molecule has 2 aromatic rings. The molecular formula is C19H25N2O+. The van der Waals surface area contributed by atoms with Crippen LogP contribution in [0.5, 0.6) is 0 Å². The normalized spacial score (nSPS) is 11.3. The Hall–Kier alpha value is -2.16. The molecule has 0 radical (unpaired) electrons. The molecule has 0 bridgehead atoms. The molecule has 0 aliphatic carbocycles. The highest BCUT2D eigenvalue weighted by molar-refractivity contribution is 5.91. The van der Waals surface area contributed by atoms with Crippen molar-refractivity contribution in [3.05, 3.63) is 59.4 Å². The first-order valence-electron chi connectivity index (χ1n) is 7.63. The quantitative estimate of drug-likeness (QED) is 0.864. The molecule has 0 spiro atoms. The standard InChI is InChI=1S/C19H24N2O/c1-14-8-6-9-15(2)18(14)20-17(22)13-21-11-7-10-16(12-21)19(3,4)5/h6-12H,13H2,1-5H3/p+1. The van der Waals surface area contributed by atoms with Crippen molar-refractivity contribution in [1.29, 1.82) is 0 Å². The van der Waals surface area contributed by atoms with E-state index in [0.29, 0.717) is 6.54 Å². The van der Waals surface area contributed by atoms with E-state index in [1.165, 1.54) is 5.56 Å². The van der Waals surface area contributed by atoms with E-state index in [-0.39, 0.29) is 11.3 Å². The summed E-state index contributed by atoms with van der Waals surface area (Å²) in [6.07, 6.45) is 3.98. The average Bonchev–Trinajstić information content (AvgIpc) is 2.42. The molecule has 2 rings (SSSR count). The number of nitrogens with one attached hydrogen (secondary N) is 1. The highest BCUT2D eigenvalue weighted by atomic mass is 16.1. The maximum absolute atomic E-state index is 12.3. The molecule has 0 fully saturated rings. The fraction of sp³-hybridized carbons (Fsp3) is 0.368. The third-order valence-corrected chi connectivity index (χ3v) is 3.80. The van der Waals surface area contributed by atoms with Gasteiger partial charge in [-0.05, 0) is 36.5 Å².